The monoisotopic (exact) mass is 608 g/mol. The van der Waals surface area contributed by atoms with Gasteiger partial charge in [-0.1, -0.05) is 0 Å². The van der Waals surface area contributed by atoms with Crippen LogP contribution in [0, 0.1) is 5.41 Å². The van der Waals surface area contributed by atoms with E-state index in [0.29, 0.717) is 41.5 Å². The quantitative estimate of drug-likeness (QED) is 0.211. The molecule has 0 aromatic carbocycles. The molecule has 33 heavy (non-hydrogen) atoms. The second-order valence-corrected chi connectivity index (χ2v) is 16.5. The van der Waals surface area contributed by atoms with Gasteiger partial charge in [-0.3, -0.25) is 0 Å². The molecule has 1 aliphatic carbocycles. The fourth-order valence-electron chi connectivity index (χ4n) is 2.91. The summed E-state index contributed by atoms with van der Waals surface area (Å²) in [5.41, 5.74) is -10.6. The predicted octanol–water partition coefficient (Wildman–Crippen LogP) is 7.52. The van der Waals surface area contributed by atoms with Crippen LogP contribution in [-0.4, -0.2) is 55.0 Å². The first kappa shape index (κ1) is 30.6. The van der Waals surface area contributed by atoms with Crippen LogP contribution in [0.4, 0.5) is 39.5 Å². The molecule has 13 heteroatoms. The molecule has 1 atom stereocenters. The molecule has 1 unspecified atom stereocenters. The van der Waals surface area contributed by atoms with E-state index >= 15 is 0 Å². The third-order valence-corrected chi connectivity index (χ3v) is 15.8. The Morgan fingerprint density at radius 1 is 0.667 bits per heavy atom. The molecule has 0 fully saturated rings. The summed E-state index contributed by atoms with van der Waals surface area (Å²) in [5.74, 6) is 0. The molecule has 194 valence electrons. The fraction of sp³-hybridized carbons (Fsp3) is 0.800. The Morgan fingerprint density at radius 3 is 1.24 bits per heavy atom. The third kappa shape index (κ3) is 7.50. The van der Waals surface area contributed by atoms with Crippen molar-refractivity contribution in [2.45, 2.75) is 94.7 Å². The molecule has 3 nitrogen and oxygen atoms in total. The molecule has 1 aliphatic rings. The van der Waals surface area contributed by atoms with Crippen molar-refractivity contribution >= 4 is 19.6 Å². The van der Waals surface area contributed by atoms with Gasteiger partial charge in [-0.25, -0.2) is 0 Å². The number of rotatable bonds is 8. The number of hydrogen-bond donors (Lipinski definition) is 0. The van der Waals surface area contributed by atoms with Crippen LogP contribution in [0.1, 0.15) is 54.9 Å². The Hall–Kier alpha value is -0.471. The molecule has 0 aliphatic heterocycles. The van der Waals surface area contributed by atoms with Crippen LogP contribution in [0.25, 0.3) is 0 Å². The van der Waals surface area contributed by atoms with E-state index < -0.39 is 64.8 Å². The number of hydrogen-bond acceptors (Lipinski definition) is 3. The van der Waals surface area contributed by atoms with Gasteiger partial charge < -0.3 is 0 Å². The predicted molar refractivity (Wildman–Crippen MR) is 105 cm³/mol. The van der Waals surface area contributed by atoms with Crippen LogP contribution < -0.4 is 0 Å². The summed E-state index contributed by atoms with van der Waals surface area (Å²) in [4.78, 5) is 0. The summed E-state index contributed by atoms with van der Waals surface area (Å²) in [6, 6.07) is 0. The second kappa shape index (κ2) is 9.20. The molecule has 0 bridgehead atoms. The van der Waals surface area contributed by atoms with E-state index in [0.717, 1.165) is 0 Å². The summed E-state index contributed by atoms with van der Waals surface area (Å²) in [6.45, 7) is 4.60. The van der Waals surface area contributed by atoms with Gasteiger partial charge in [0, 0.05) is 0 Å². The Labute approximate surface area is 192 Å². The fourth-order valence-corrected chi connectivity index (χ4v) is 15.1. The molecule has 0 aromatic heterocycles. The van der Waals surface area contributed by atoms with Crippen LogP contribution >= 0.6 is 0 Å². The van der Waals surface area contributed by atoms with Crippen molar-refractivity contribution in [3.8, 4) is 0 Å². The first-order valence-corrected chi connectivity index (χ1v) is 15.4. The van der Waals surface area contributed by atoms with Crippen LogP contribution in [-0.2, 0) is 9.22 Å². The standard InChI is InChI=1S/C8H11.3C4H6F3O.Sn/c1-8(2)6-4-3-5-7-8;3*1-3(2,8)4(5,6)7;/h3-6H,1,7H2,2H3;3*1-2H3;/q;3*-1;+3. The van der Waals surface area contributed by atoms with Gasteiger partial charge in [-0.2, -0.15) is 0 Å². The maximum atomic E-state index is 13.7. The molecule has 0 saturated heterocycles. The molecule has 0 radical (unpaired) electrons. The molecule has 0 amide bonds. The molecule has 1 rings (SSSR count). The number of allylic oxidation sites excluding steroid dienone is 4. The van der Waals surface area contributed by atoms with Gasteiger partial charge >= 0.3 is 193 Å². The van der Waals surface area contributed by atoms with Crippen molar-refractivity contribution in [1.82, 2.24) is 0 Å². The van der Waals surface area contributed by atoms with Crippen molar-refractivity contribution in [2.75, 3.05) is 0 Å². The van der Waals surface area contributed by atoms with E-state index in [-0.39, 0.29) is 6.42 Å². The normalized spacial score (nSPS) is 21.6. The third-order valence-electron chi connectivity index (χ3n) is 5.23. The summed E-state index contributed by atoms with van der Waals surface area (Å²) < 4.78 is 138. The molecule has 0 saturated carbocycles. The molecule has 0 aromatic rings. The van der Waals surface area contributed by atoms with Crippen LogP contribution in [0.5, 0.6) is 0 Å². The van der Waals surface area contributed by atoms with Gasteiger partial charge in [0.05, 0.1) is 0 Å². The van der Waals surface area contributed by atoms with Gasteiger partial charge in [0.1, 0.15) is 0 Å². The van der Waals surface area contributed by atoms with Crippen LogP contribution in [0.3, 0.4) is 0 Å². The van der Waals surface area contributed by atoms with Gasteiger partial charge in [-0.05, 0) is 0 Å². The molecule has 0 spiro atoms. The SMILES string of the molecule is CC1([CH2][Sn]([O]C(C)(C)C(F)(F)F)([O]C(C)(C)C(F)(F)F)[O]C(C)(C)C(F)(F)F)C=CC=CC1. The zero-order valence-electron chi connectivity index (χ0n) is 19.4. The first-order valence-electron chi connectivity index (χ1n) is 9.93. The van der Waals surface area contributed by atoms with E-state index in [2.05, 4.69) is 0 Å². The average Bonchev–Trinajstić information content (AvgIpc) is 2.49. The Balaban J connectivity index is 3.77. The van der Waals surface area contributed by atoms with Gasteiger partial charge in [-0.15, -0.1) is 0 Å². The maximum absolute atomic E-state index is 13.7. The van der Waals surface area contributed by atoms with Crippen LogP contribution in [0.2, 0.25) is 4.44 Å². The topological polar surface area (TPSA) is 27.7 Å². The number of alkyl halides is 9. The zero-order chi connectivity index (χ0) is 26.4. The Kier molecular flexibility index (Phi) is 8.52. The molecule has 0 heterocycles. The van der Waals surface area contributed by atoms with Gasteiger partial charge in [0.15, 0.2) is 0 Å². The summed E-state index contributed by atoms with van der Waals surface area (Å²) >= 11 is -6.48. The van der Waals surface area contributed by atoms with Crippen molar-refractivity contribution in [2.24, 2.45) is 5.41 Å². The summed E-state index contributed by atoms with van der Waals surface area (Å²) in [5, 5.41) is 0. The van der Waals surface area contributed by atoms with Crippen molar-refractivity contribution < 1.29 is 48.7 Å². The van der Waals surface area contributed by atoms with Crippen molar-refractivity contribution in [1.29, 1.82) is 0 Å². The van der Waals surface area contributed by atoms with Crippen molar-refractivity contribution in [3.63, 3.8) is 0 Å². The van der Waals surface area contributed by atoms with E-state index in [9.17, 15) is 39.5 Å². The van der Waals surface area contributed by atoms with E-state index in [1.165, 1.54) is 19.1 Å². The summed E-state index contributed by atoms with van der Waals surface area (Å²) in [7, 11) is 0. The molecule has 0 N–H and O–H groups in total. The van der Waals surface area contributed by atoms with E-state index in [4.69, 9.17) is 9.22 Å². The van der Waals surface area contributed by atoms with Gasteiger partial charge in [0.2, 0.25) is 0 Å². The minimum atomic E-state index is -6.48. The average molecular weight is 607 g/mol. The second-order valence-electron chi connectivity index (χ2n) is 9.84. The first-order chi connectivity index (χ1) is 14.3. The Morgan fingerprint density at radius 2 is 1.00 bits per heavy atom. The number of halogens is 9. The van der Waals surface area contributed by atoms with Crippen molar-refractivity contribution in [3.05, 3.63) is 24.3 Å². The molecular formula is C20H29F9O3Sn. The van der Waals surface area contributed by atoms with Gasteiger partial charge in [0.25, 0.3) is 0 Å². The van der Waals surface area contributed by atoms with E-state index in [1.807, 2.05) is 0 Å². The minimum absolute atomic E-state index is 0.129. The molecular weight excluding hydrogens is 578 g/mol. The zero-order valence-corrected chi connectivity index (χ0v) is 22.2. The van der Waals surface area contributed by atoms with E-state index in [1.54, 1.807) is 12.2 Å². The Bertz CT molecular complexity index is 680. The van der Waals surface area contributed by atoms with Crippen LogP contribution in [0.15, 0.2) is 24.3 Å². The summed E-state index contributed by atoms with van der Waals surface area (Å²) in [6.07, 6.45) is -9.09.